The van der Waals surface area contributed by atoms with E-state index in [2.05, 4.69) is 41.4 Å². The first kappa shape index (κ1) is 13.7. The Hall–Kier alpha value is -1.26. The summed E-state index contributed by atoms with van der Waals surface area (Å²) in [6, 6.07) is 9.18. The second-order valence-electron chi connectivity index (χ2n) is 5.30. The van der Waals surface area contributed by atoms with Gasteiger partial charge in [-0.1, -0.05) is 24.3 Å². The van der Waals surface area contributed by atoms with Gasteiger partial charge in [0.05, 0.1) is 0 Å². The number of hydrogen-bond acceptors (Lipinski definition) is 4. The van der Waals surface area contributed by atoms with Gasteiger partial charge < -0.3 is 10.2 Å². The summed E-state index contributed by atoms with van der Waals surface area (Å²) < 4.78 is 0. The molecule has 1 aromatic heterocycles. The zero-order valence-electron chi connectivity index (χ0n) is 12.1. The van der Waals surface area contributed by atoms with Gasteiger partial charge in [-0.2, -0.15) is 11.8 Å². The maximum Gasteiger partial charge on any atom is 0.136 e. The van der Waals surface area contributed by atoms with Crippen LogP contribution >= 0.6 is 11.8 Å². The molecular formula is C16H21N3S. The van der Waals surface area contributed by atoms with Gasteiger partial charge in [0.15, 0.2) is 0 Å². The standard InChI is InChI=1S/C16H21N3S/c1-12-11-20-8-7-19(12)16-15-6-4-3-5-14(15)13(9-17-2)10-18-16/h3-6,10,12,17H,7-9,11H2,1-2H3. The molecule has 1 aromatic carbocycles. The van der Waals surface area contributed by atoms with Gasteiger partial charge in [-0.05, 0) is 24.9 Å². The lowest BCUT2D eigenvalue weighted by atomic mass is 10.1. The molecule has 3 nitrogen and oxygen atoms in total. The molecule has 20 heavy (non-hydrogen) atoms. The van der Waals surface area contributed by atoms with E-state index in [0.29, 0.717) is 6.04 Å². The number of anilines is 1. The molecule has 4 heteroatoms. The molecule has 0 radical (unpaired) electrons. The third kappa shape index (κ3) is 2.50. The van der Waals surface area contributed by atoms with Crippen LogP contribution in [0.5, 0.6) is 0 Å². The molecule has 0 saturated carbocycles. The van der Waals surface area contributed by atoms with E-state index in [-0.39, 0.29) is 0 Å². The van der Waals surface area contributed by atoms with E-state index in [9.17, 15) is 0 Å². The van der Waals surface area contributed by atoms with Crippen molar-refractivity contribution in [3.63, 3.8) is 0 Å². The van der Waals surface area contributed by atoms with Gasteiger partial charge in [0, 0.05) is 42.2 Å². The number of hydrogen-bond donors (Lipinski definition) is 1. The van der Waals surface area contributed by atoms with E-state index >= 15 is 0 Å². The van der Waals surface area contributed by atoms with Crippen LogP contribution in [-0.4, -0.2) is 36.1 Å². The van der Waals surface area contributed by atoms with E-state index in [1.807, 2.05) is 25.0 Å². The Morgan fingerprint density at radius 3 is 2.90 bits per heavy atom. The monoisotopic (exact) mass is 287 g/mol. The van der Waals surface area contributed by atoms with Crippen LogP contribution in [0.2, 0.25) is 0 Å². The van der Waals surface area contributed by atoms with Crippen LogP contribution in [-0.2, 0) is 6.54 Å². The lowest BCUT2D eigenvalue weighted by Gasteiger charge is -2.35. The molecule has 1 saturated heterocycles. The molecule has 3 rings (SSSR count). The van der Waals surface area contributed by atoms with Crippen molar-refractivity contribution in [2.45, 2.75) is 19.5 Å². The van der Waals surface area contributed by atoms with Gasteiger partial charge >= 0.3 is 0 Å². The molecule has 0 amide bonds. The summed E-state index contributed by atoms with van der Waals surface area (Å²) >= 11 is 2.04. The first-order valence-corrected chi connectivity index (χ1v) is 8.32. The van der Waals surface area contributed by atoms with Gasteiger partial charge in [0.25, 0.3) is 0 Å². The fourth-order valence-electron chi connectivity index (χ4n) is 2.84. The maximum atomic E-state index is 4.78. The zero-order valence-corrected chi connectivity index (χ0v) is 12.9. The molecular weight excluding hydrogens is 266 g/mol. The lowest BCUT2D eigenvalue weighted by Crippen LogP contribution is -2.41. The Labute approximate surface area is 124 Å². The summed E-state index contributed by atoms with van der Waals surface area (Å²) in [5.74, 6) is 3.53. The van der Waals surface area contributed by atoms with Gasteiger partial charge in [-0.3, -0.25) is 0 Å². The van der Waals surface area contributed by atoms with Crippen molar-refractivity contribution >= 4 is 28.4 Å². The molecule has 0 spiro atoms. The smallest absolute Gasteiger partial charge is 0.136 e. The van der Waals surface area contributed by atoms with Crippen LogP contribution in [0.15, 0.2) is 30.5 Å². The summed E-state index contributed by atoms with van der Waals surface area (Å²) in [5, 5.41) is 5.82. The summed E-state index contributed by atoms with van der Waals surface area (Å²) in [7, 11) is 1.98. The average molecular weight is 287 g/mol. The SMILES string of the molecule is CNCc1cnc(N2CCSCC2C)c2ccccc12. The highest BCUT2D eigenvalue weighted by Crippen LogP contribution is 2.30. The van der Waals surface area contributed by atoms with Crippen LogP contribution < -0.4 is 10.2 Å². The number of thioether (sulfide) groups is 1. The molecule has 1 aliphatic rings. The van der Waals surface area contributed by atoms with Gasteiger partial charge in [0.1, 0.15) is 5.82 Å². The van der Waals surface area contributed by atoms with Crippen molar-refractivity contribution in [3.8, 4) is 0 Å². The highest BCUT2D eigenvalue weighted by molar-refractivity contribution is 7.99. The quantitative estimate of drug-likeness (QED) is 0.939. The Balaban J connectivity index is 2.09. The number of pyridine rings is 1. The number of nitrogens with one attached hydrogen (secondary N) is 1. The first-order valence-electron chi connectivity index (χ1n) is 7.17. The molecule has 106 valence electrons. The molecule has 2 heterocycles. The minimum Gasteiger partial charge on any atom is -0.352 e. The van der Waals surface area contributed by atoms with Gasteiger partial charge in [-0.15, -0.1) is 0 Å². The van der Waals surface area contributed by atoms with Crippen molar-refractivity contribution in [3.05, 3.63) is 36.0 Å². The normalized spacial score (nSPS) is 19.5. The van der Waals surface area contributed by atoms with E-state index in [4.69, 9.17) is 4.98 Å². The Bertz CT molecular complexity index is 599. The van der Waals surface area contributed by atoms with Crippen molar-refractivity contribution in [1.82, 2.24) is 10.3 Å². The van der Waals surface area contributed by atoms with E-state index in [0.717, 1.165) is 18.9 Å². The van der Waals surface area contributed by atoms with Gasteiger partial charge in [0.2, 0.25) is 0 Å². The minimum absolute atomic E-state index is 0.555. The molecule has 1 unspecified atom stereocenters. The van der Waals surface area contributed by atoms with Crippen molar-refractivity contribution in [2.75, 3.05) is 30.0 Å². The van der Waals surface area contributed by atoms with E-state index in [1.165, 1.54) is 27.8 Å². The topological polar surface area (TPSA) is 28.2 Å². The number of aromatic nitrogens is 1. The second kappa shape index (κ2) is 6.02. The largest absolute Gasteiger partial charge is 0.352 e. The molecule has 1 atom stereocenters. The maximum absolute atomic E-state index is 4.78. The average Bonchev–Trinajstić information content (AvgIpc) is 2.49. The number of rotatable bonds is 3. The van der Waals surface area contributed by atoms with Crippen LogP contribution in [0.4, 0.5) is 5.82 Å². The number of fused-ring (bicyclic) bond motifs is 1. The van der Waals surface area contributed by atoms with E-state index < -0.39 is 0 Å². The number of benzene rings is 1. The van der Waals surface area contributed by atoms with Crippen molar-refractivity contribution in [1.29, 1.82) is 0 Å². The highest BCUT2D eigenvalue weighted by atomic mass is 32.2. The third-order valence-electron chi connectivity index (χ3n) is 3.86. The van der Waals surface area contributed by atoms with Crippen molar-refractivity contribution < 1.29 is 0 Å². The molecule has 2 aromatic rings. The Morgan fingerprint density at radius 2 is 2.15 bits per heavy atom. The molecule has 1 N–H and O–H groups in total. The van der Waals surface area contributed by atoms with E-state index in [1.54, 1.807) is 0 Å². The molecule has 1 fully saturated rings. The predicted octanol–water partition coefficient (Wildman–Crippen LogP) is 2.90. The van der Waals surface area contributed by atoms with Crippen molar-refractivity contribution in [2.24, 2.45) is 0 Å². The first-order chi connectivity index (χ1) is 9.81. The second-order valence-corrected chi connectivity index (χ2v) is 6.45. The highest BCUT2D eigenvalue weighted by Gasteiger charge is 2.22. The van der Waals surface area contributed by atoms with Crippen LogP contribution in [0.3, 0.4) is 0 Å². The summed E-state index contributed by atoms with van der Waals surface area (Å²) in [6.07, 6.45) is 2.03. The fourth-order valence-corrected chi connectivity index (χ4v) is 3.85. The lowest BCUT2D eigenvalue weighted by molar-refractivity contribution is 0.692. The van der Waals surface area contributed by atoms with Crippen LogP contribution in [0, 0.1) is 0 Å². The molecule has 0 bridgehead atoms. The Kier molecular flexibility index (Phi) is 4.13. The fraction of sp³-hybridized carbons (Fsp3) is 0.438. The zero-order chi connectivity index (χ0) is 13.9. The van der Waals surface area contributed by atoms with Crippen LogP contribution in [0.25, 0.3) is 10.8 Å². The summed E-state index contributed by atoms with van der Waals surface area (Å²) in [6.45, 7) is 4.25. The number of nitrogens with zero attached hydrogens (tertiary/aromatic N) is 2. The van der Waals surface area contributed by atoms with Crippen LogP contribution in [0.1, 0.15) is 12.5 Å². The third-order valence-corrected chi connectivity index (χ3v) is 5.05. The predicted molar refractivity (Wildman–Crippen MR) is 88.6 cm³/mol. The molecule has 0 aliphatic carbocycles. The minimum atomic E-state index is 0.555. The van der Waals surface area contributed by atoms with Gasteiger partial charge in [-0.25, -0.2) is 4.98 Å². The summed E-state index contributed by atoms with van der Waals surface area (Å²) in [5.41, 5.74) is 1.27. The molecule has 1 aliphatic heterocycles. The summed E-state index contributed by atoms with van der Waals surface area (Å²) in [4.78, 5) is 7.24. The Morgan fingerprint density at radius 1 is 1.35 bits per heavy atom.